The molecule has 0 saturated heterocycles. The molecule has 0 spiro atoms. The number of imide groups is 1. The fraction of sp³-hybridized carbons (Fsp3) is 0.158. The molecular weight excluding hydrogens is 430 g/mol. The summed E-state index contributed by atoms with van der Waals surface area (Å²) in [4.78, 5) is 49.5. The van der Waals surface area contributed by atoms with Gasteiger partial charge in [-0.05, 0) is 36.8 Å². The van der Waals surface area contributed by atoms with Gasteiger partial charge in [0, 0.05) is 17.4 Å². The van der Waals surface area contributed by atoms with E-state index in [4.69, 9.17) is 0 Å². The van der Waals surface area contributed by atoms with E-state index in [0.717, 1.165) is 4.90 Å². The van der Waals surface area contributed by atoms with E-state index in [0.29, 0.717) is 15.6 Å². The summed E-state index contributed by atoms with van der Waals surface area (Å²) in [6.45, 7) is 0.0881. The molecule has 1 aliphatic heterocycles. The van der Waals surface area contributed by atoms with Crippen LogP contribution in [-0.2, 0) is 4.79 Å². The van der Waals surface area contributed by atoms with Gasteiger partial charge in [-0.25, -0.2) is 0 Å². The Morgan fingerprint density at radius 1 is 1.00 bits per heavy atom. The molecule has 2 aromatic carbocycles. The van der Waals surface area contributed by atoms with Crippen LogP contribution in [0.3, 0.4) is 0 Å². The molecule has 0 fully saturated rings. The third-order valence-corrected chi connectivity index (χ3v) is 4.68. The van der Waals surface area contributed by atoms with Crippen LogP contribution < -0.4 is 10.9 Å². The van der Waals surface area contributed by atoms with Crippen LogP contribution in [0.2, 0.25) is 0 Å². The summed E-state index contributed by atoms with van der Waals surface area (Å²) in [5.41, 5.74) is 5.14. The number of para-hydroxylation sites is 1. The number of carbonyl (C=O) groups is 4. The summed E-state index contributed by atoms with van der Waals surface area (Å²) >= 11 is 3.27. The van der Waals surface area contributed by atoms with Gasteiger partial charge in [0.2, 0.25) is 5.91 Å². The van der Waals surface area contributed by atoms with Crippen molar-refractivity contribution in [3.05, 3.63) is 63.6 Å². The van der Waals surface area contributed by atoms with Crippen molar-refractivity contribution in [3.63, 3.8) is 0 Å². The second kappa shape index (κ2) is 8.22. The fourth-order valence-electron chi connectivity index (χ4n) is 2.79. The zero-order chi connectivity index (χ0) is 20.3. The highest BCUT2D eigenvalue weighted by molar-refractivity contribution is 9.10. The Balaban J connectivity index is 1.47. The molecule has 4 amide bonds. The number of phenols is 1. The maximum Gasteiger partial charge on any atom is 0.273 e. The quantitative estimate of drug-likeness (QED) is 0.480. The van der Waals surface area contributed by atoms with Crippen molar-refractivity contribution >= 4 is 39.6 Å². The number of hydrogen-bond donors (Lipinski definition) is 3. The SMILES string of the molecule is O=C(CCCN1C(=O)c2ccc(Br)cc2C1=O)NNC(=O)c1ccccc1O. The lowest BCUT2D eigenvalue weighted by molar-refractivity contribution is -0.122. The van der Waals surface area contributed by atoms with Gasteiger partial charge in [-0.15, -0.1) is 0 Å². The molecule has 9 heteroatoms. The highest BCUT2D eigenvalue weighted by Gasteiger charge is 2.35. The second-order valence-electron chi connectivity index (χ2n) is 6.07. The smallest absolute Gasteiger partial charge is 0.273 e. The zero-order valence-corrected chi connectivity index (χ0v) is 16.2. The summed E-state index contributed by atoms with van der Waals surface area (Å²) in [5, 5.41) is 9.60. The average molecular weight is 446 g/mol. The third-order valence-electron chi connectivity index (χ3n) is 4.18. The minimum atomic E-state index is -0.655. The van der Waals surface area contributed by atoms with Gasteiger partial charge >= 0.3 is 0 Å². The van der Waals surface area contributed by atoms with Crippen molar-refractivity contribution in [1.29, 1.82) is 0 Å². The van der Waals surface area contributed by atoms with Gasteiger partial charge in [0.1, 0.15) is 5.75 Å². The molecule has 0 bridgehead atoms. The first-order chi connectivity index (χ1) is 13.4. The summed E-state index contributed by atoms with van der Waals surface area (Å²) < 4.78 is 0.703. The Morgan fingerprint density at radius 3 is 2.46 bits per heavy atom. The first-order valence-corrected chi connectivity index (χ1v) is 9.20. The Labute approximate surface area is 168 Å². The number of nitrogens with one attached hydrogen (secondary N) is 2. The Hall–Kier alpha value is -3.20. The van der Waals surface area contributed by atoms with Crippen LogP contribution in [0, 0.1) is 0 Å². The van der Waals surface area contributed by atoms with E-state index < -0.39 is 17.7 Å². The van der Waals surface area contributed by atoms with Gasteiger partial charge in [-0.3, -0.25) is 34.9 Å². The number of hydrazine groups is 1. The highest BCUT2D eigenvalue weighted by Crippen LogP contribution is 2.26. The first kappa shape index (κ1) is 19.6. The van der Waals surface area contributed by atoms with Gasteiger partial charge in [-0.2, -0.15) is 0 Å². The lowest BCUT2D eigenvalue weighted by atomic mass is 10.1. The molecule has 1 heterocycles. The van der Waals surface area contributed by atoms with Gasteiger partial charge in [0.25, 0.3) is 17.7 Å². The Morgan fingerprint density at radius 2 is 1.71 bits per heavy atom. The molecule has 0 atom stereocenters. The molecule has 0 unspecified atom stereocenters. The predicted molar refractivity (Wildman–Crippen MR) is 102 cm³/mol. The van der Waals surface area contributed by atoms with Crippen molar-refractivity contribution < 1.29 is 24.3 Å². The lowest BCUT2D eigenvalue weighted by Crippen LogP contribution is -2.42. The van der Waals surface area contributed by atoms with E-state index in [2.05, 4.69) is 26.8 Å². The number of halogens is 1. The average Bonchev–Trinajstić information content (AvgIpc) is 2.90. The van der Waals surface area contributed by atoms with Gasteiger partial charge in [0.05, 0.1) is 16.7 Å². The Bertz CT molecular complexity index is 976. The van der Waals surface area contributed by atoms with Crippen LogP contribution in [-0.4, -0.2) is 40.2 Å². The Kier molecular flexibility index (Phi) is 5.74. The molecule has 0 radical (unpaired) electrons. The lowest BCUT2D eigenvalue weighted by Gasteiger charge is -2.13. The van der Waals surface area contributed by atoms with E-state index in [1.54, 1.807) is 30.3 Å². The van der Waals surface area contributed by atoms with Crippen molar-refractivity contribution in [1.82, 2.24) is 15.8 Å². The van der Waals surface area contributed by atoms with Gasteiger partial charge in [0.15, 0.2) is 0 Å². The molecule has 3 N–H and O–H groups in total. The van der Waals surface area contributed by atoms with E-state index in [1.165, 1.54) is 12.1 Å². The fourth-order valence-corrected chi connectivity index (χ4v) is 3.15. The number of carbonyl (C=O) groups excluding carboxylic acids is 4. The number of nitrogens with zero attached hydrogens (tertiary/aromatic N) is 1. The maximum absolute atomic E-state index is 12.3. The van der Waals surface area contributed by atoms with Crippen LogP contribution in [0.4, 0.5) is 0 Å². The minimum Gasteiger partial charge on any atom is -0.507 e. The van der Waals surface area contributed by atoms with Crippen molar-refractivity contribution in [2.45, 2.75) is 12.8 Å². The van der Waals surface area contributed by atoms with Crippen molar-refractivity contribution in [2.24, 2.45) is 0 Å². The molecule has 144 valence electrons. The van der Waals surface area contributed by atoms with Gasteiger partial charge in [-0.1, -0.05) is 28.1 Å². The van der Waals surface area contributed by atoms with Crippen LogP contribution in [0.1, 0.15) is 43.9 Å². The minimum absolute atomic E-state index is 0.00183. The molecule has 3 rings (SSSR count). The molecule has 1 aliphatic rings. The molecule has 8 nitrogen and oxygen atoms in total. The first-order valence-electron chi connectivity index (χ1n) is 8.41. The molecule has 2 aromatic rings. The summed E-state index contributed by atoms with van der Waals surface area (Å²) in [6.07, 6.45) is 0.239. The van der Waals surface area contributed by atoms with Crippen molar-refractivity contribution in [2.75, 3.05) is 6.54 Å². The maximum atomic E-state index is 12.3. The normalized spacial score (nSPS) is 12.7. The van der Waals surface area contributed by atoms with Gasteiger partial charge < -0.3 is 5.11 Å². The molecular formula is C19H16BrN3O5. The summed E-state index contributed by atoms with van der Waals surface area (Å²) in [7, 11) is 0. The third kappa shape index (κ3) is 4.04. The number of amides is 4. The number of hydrogen-bond acceptors (Lipinski definition) is 5. The van der Waals surface area contributed by atoms with E-state index in [9.17, 15) is 24.3 Å². The van der Waals surface area contributed by atoms with E-state index >= 15 is 0 Å². The topological polar surface area (TPSA) is 116 Å². The van der Waals surface area contributed by atoms with Crippen LogP contribution in [0.15, 0.2) is 46.9 Å². The predicted octanol–water partition coefficient (Wildman–Crippen LogP) is 1.99. The molecule has 0 aromatic heterocycles. The van der Waals surface area contributed by atoms with Crippen LogP contribution >= 0.6 is 15.9 Å². The standard InChI is InChI=1S/C19H16BrN3O5/c20-11-7-8-12-14(10-11)19(28)23(18(12)27)9-3-6-16(25)21-22-17(26)13-4-1-2-5-15(13)24/h1-2,4-5,7-8,10,24H,3,6,9H2,(H,21,25)(H,22,26). The van der Waals surface area contributed by atoms with Crippen LogP contribution in [0.25, 0.3) is 0 Å². The number of fused-ring (bicyclic) bond motifs is 1. The molecule has 0 aliphatic carbocycles. The van der Waals surface area contributed by atoms with Crippen LogP contribution in [0.5, 0.6) is 5.75 Å². The number of benzene rings is 2. The zero-order valence-electron chi connectivity index (χ0n) is 14.6. The van der Waals surface area contributed by atoms with E-state index in [1.807, 2.05) is 0 Å². The van der Waals surface area contributed by atoms with Crippen molar-refractivity contribution in [3.8, 4) is 5.75 Å². The second-order valence-corrected chi connectivity index (χ2v) is 6.99. The summed E-state index contributed by atoms with van der Waals surface area (Å²) in [5.74, 6) is -2.12. The summed E-state index contributed by atoms with van der Waals surface area (Å²) in [6, 6.07) is 10.8. The monoisotopic (exact) mass is 445 g/mol. The highest BCUT2D eigenvalue weighted by atomic mass is 79.9. The molecule has 0 saturated carbocycles. The number of aromatic hydroxyl groups is 1. The largest absolute Gasteiger partial charge is 0.507 e. The number of rotatable bonds is 5. The number of phenolic OH excluding ortho intramolecular Hbond substituents is 1. The molecule has 28 heavy (non-hydrogen) atoms. The van der Waals surface area contributed by atoms with E-state index in [-0.39, 0.29) is 36.6 Å².